The van der Waals surface area contributed by atoms with Gasteiger partial charge in [-0.05, 0) is 36.4 Å². The summed E-state index contributed by atoms with van der Waals surface area (Å²) in [5.74, 6) is -0.690. The molecule has 0 atom stereocenters. The van der Waals surface area contributed by atoms with Gasteiger partial charge in [-0.25, -0.2) is 4.39 Å². The lowest BCUT2D eigenvalue weighted by atomic mass is 9.94. The van der Waals surface area contributed by atoms with E-state index in [1.807, 2.05) is 30.3 Å². The minimum atomic E-state index is -0.344. The van der Waals surface area contributed by atoms with Crippen LogP contribution >= 0.6 is 23.5 Å². The molecule has 0 aliphatic heterocycles. The van der Waals surface area contributed by atoms with Gasteiger partial charge < -0.3 is 0 Å². The van der Waals surface area contributed by atoms with Crippen LogP contribution in [0.25, 0.3) is 0 Å². The number of ketones is 2. The van der Waals surface area contributed by atoms with Gasteiger partial charge in [0.15, 0.2) is 0 Å². The summed E-state index contributed by atoms with van der Waals surface area (Å²) in [5, 5.41) is 0. The van der Waals surface area contributed by atoms with Crippen LogP contribution < -0.4 is 0 Å². The van der Waals surface area contributed by atoms with Gasteiger partial charge in [0, 0.05) is 20.9 Å². The lowest BCUT2D eigenvalue weighted by molar-refractivity contribution is 0.0988. The fourth-order valence-electron chi connectivity index (χ4n) is 2.74. The first-order valence-corrected chi connectivity index (χ1v) is 9.86. The van der Waals surface area contributed by atoms with Gasteiger partial charge in [-0.3, -0.25) is 9.59 Å². The number of hydrogen-bond donors (Lipinski definition) is 0. The molecular formula is C22H13FO2S2. The third kappa shape index (κ3) is 3.61. The van der Waals surface area contributed by atoms with Crippen LogP contribution in [0.3, 0.4) is 0 Å². The Balaban J connectivity index is 1.81. The van der Waals surface area contributed by atoms with E-state index in [2.05, 4.69) is 0 Å². The van der Waals surface area contributed by atoms with Crippen molar-refractivity contribution >= 4 is 35.1 Å². The molecule has 0 spiro atoms. The molecular weight excluding hydrogens is 379 g/mol. The van der Waals surface area contributed by atoms with Crippen LogP contribution in [0, 0.1) is 5.82 Å². The molecule has 3 aromatic rings. The number of halogens is 1. The van der Waals surface area contributed by atoms with Crippen LogP contribution in [0.5, 0.6) is 0 Å². The smallest absolute Gasteiger partial charge is 0.201 e. The summed E-state index contributed by atoms with van der Waals surface area (Å²) in [6.45, 7) is 0. The summed E-state index contributed by atoms with van der Waals surface area (Å²) in [6.07, 6.45) is 0. The standard InChI is InChI=1S/C22H13FO2S2/c23-14-10-12-16(13-11-14)27-22-20(25)18-9-5-4-8-17(18)19(24)21(22)26-15-6-2-1-3-7-15/h1-13H. The molecule has 0 aromatic heterocycles. The van der Waals surface area contributed by atoms with Crippen LogP contribution in [-0.4, -0.2) is 11.6 Å². The zero-order chi connectivity index (χ0) is 18.8. The molecule has 0 radical (unpaired) electrons. The summed E-state index contributed by atoms with van der Waals surface area (Å²) < 4.78 is 13.2. The van der Waals surface area contributed by atoms with Crippen molar-refractivity contribution in [1.29, 1.82) is 0 Å². The van der Waals surface area contributed by atoms with Crippen molar-refractivity contribution in [2.24, 2.45) is 0 Å². The first-order chi connectivity index (χ1) is 13.1. The predicted octanol–water partition coefficient (Wildman–Crippen LogP) is 6.00. The van der Waals surface area contributed by atoms with Crippen molar-refractivity contribution in [2.45, 2.75) is 9.79 Å². The Labute approximate surface area is 164 Å². The average molecular weight is 392 g/mol. The van der Waals surface area contributed by atoms with Crippen LogP contribution in [0.1, 0.15) is 20.7 Å². The number of allylic oxidation sites excluding steroid dienone is 2. The Morgan fingerprint density at radius 2 is 1.00 bits per heavy atom. The van der Waals surface area contributed by atoms with E-state index in [1.165, 1.54) is 35.7 Å². The van der Waals surface area contributed by atoms with Gasteiger partial charge in [0.1, 0.15) is 5.82 Å². The summed E-state index contributed by atoms with van der Waals surface area (Å²) in [4.78, 5) is 28.6. The molecule has 0 amide bonds. The van der Waals surface area contributed by atoms with Gasteiger partial charge in [0.05, 0.1) is 9.81 Å². The normalized spacial score (nSPS) is 13.7. The number of Topliss-reactive ketones (excluding diaryl/α,β-unsaturated/α-hetero) is 2. The van der Waals surface area contributed by atoms with E-state index in [-0.39, 0.29) is 17.4 Å². The van der Waals surface area contributed by atoms with Crippen molar-refractivity contribution in [3.63, 3.8) is 0 Å². The number of carbonyl (C=O) groups excluding carboxylic acids is 2. The number of hydrogen-bond acceptors (Lipinski definition) is 4. The Bertz CT molecular complexity index is 1060. The second-order valence-electron chi connectivity index (χ2n) is 5.83. The van der Waals surface area contributed by atoms with Crippen molar-refractivity contribution < 1.29 is 14.0 Å². The summed E-state index contributed by atoms with van der Waals surface area (Å²) in [7, 11) is 0. The Kier molecular flexibility index (Phi) is 4.97. The number of fused-ring (bicyclic) bond motifs is 1. The fraction of sp³-hybridized carbons (Fsp3) is 0. The first kappa shape index (κ1) is 17.8. The molecule has 0 saturated carbocycles. The van der Waals surface area contributed by atoms with Crippen LogP contribution in [0.15, 0.2) is 98.5 Å². The highest BCUT2D eigenvalue weighted by Crippen LogP contribution is 2.43. The molecule has 1 aliphatic carbocycles. The van der Waals surface area contributed by atoms with E-state index < -0.39 is 0 Å². The van der Waals surface area contributed by atoms with Gasteiger partial charge in [-0.15, -0.1) is 0 Å². The number of rotatable bonds is 4. The van der Waals surface area contributed by atoms with Crippen LogP contribution in [0.4, 0.5) is 4.39 Å². The maximum atomic E-state index is 13.2. The second kappa shape index (κ2) is 7.55. The third-order valence-corrected chi connectivity index (χ3v) is 6.36. The fourth-order valence-corrected chi connectivity index (χ4v) is 4.81. The molecule has 2 nitrogen and oxygen atoms in total. The number of carbonyl (C=O) groups is 2. The molecule has 27 heavy (non-hydrogen) atoms. The molecule has 5 heteroatoms. The predicted molar refractivity (Wildman–Crippen MR) is 107 cm³/mol. The SMILES string of the molecule is O=C1C(Sc2ccccc2)=C(Sc2ccc(F)cc2)C(=O)c2ccccc21. The van der Waals surface area contributed by atoms with Gasteiger partial charge >= 0.3 is 0 Å². The van der Waals surface area contributed by atoms with Crippen molar-refractivity contribution in [3.05, 3.63) is 106 Å². The molecule has 0 heterocycles. The van der Waals surface area contributed by atoms with Gasteiger partial charge in [-0.1, -0.05) is 66.0 Å². The number of thioether (sulfide) groups is 2. The minimum absolute atomic E-state index is 0.163. The second-order valence-corrected chi connectivity index (χ2v) is 8.00. The Morgan fingerprint density at radius 1 is 0.556 bits per heavy atom. The molecule has 0 unspecified atom stereocenters. The molecule has 0 N–H and O–H groups in total. The van der Waals surface area contributed by atoms with E-state index in [0.717, 1.165) is 4.90 Å². The Hall–Kier alpha value is -2.63. The van der Waals surface area contributed by atoms with E-state index in [1.54, 1.807) is 36.4 Å². The van der Waals surface area contributed by atoms with Crippen molar-refractivity contribution in [1.82, 2.24) is 0 Å². The van der Waals surface area contributed by atoms with Gasteiger partial charge in [-0.2, -0.15) is 0 Å². The van der Waals surface area contributed by atoms with E-state index in [4.69, 9.17) is 0 Å². The van der Waals surface area contributed by atoms with Crippen molar-refractivity contribution in [3.8, 4) is 0 Å². The average Bonchev–Trinajstić information content (AvgIpc) is 2.71. The lowest BCUT2D eigenvalue weighted by Gasteiger charge is -2.20. The quantitative estimate of drug-likeness (QED) is 0.545. The summed E-state index contributed by atoms with van der Waals surface area (Å²) in [6, 6.07) is 22.2. The molecule has 0 saturated heterocycles. The van der Waals surface area contributed by atoms with Crippen LogP contribution in [-0.2, 0) is 0 Å². The topological polar surface area (TPSA) is 34.1 Å². The zero-order valence-corrected chi connectivity index (χ0v) is 15.6. The molecule has 0 bridgehead atoms. The van der Waals surface area contributed by atoms with Gasteiger partial charge in [0.2, 0.25) is 11.6 Å². The Morgan fingerprint density at radius 3 is 1.52 bits per heavy atom. The minimum Gasteiger partial charge on any atom is -0.288 e. The maximum Gasteiger partial charge on any atom is 0.201 e. The highest BCUT2D eigenvalue weighted by Gasteiger charge is 2.33. The lowest BCUT2D eigenvalue weighted by Crippen LogP contribution is -2.19. The van der Waals surface area contributed by atoms with Crippen molar-refractivity contribution in [2.75, 3.05) is 0 Å². The third-order valence-electron chi connectivity index (χ3n) is 4.03. The molecule has 4 rings (SSSR count). The zero-order valence-electron chi connectivity index (χ0n) is 14.0. The molecule has 3 aromatic carbocycles. The highest BCUT2D eigenvalue weighted by molar-refractivity contribution is 8.08. The van der Waals surface area contributed by atoms with E-state index in [9.17, 15) is 14.0 Å². The van der Waals surface area contributed by atoms with E-state index >= 15 is 0 Å². The van der Waals surface area contributed by atoms with Gasteiger partial charge in [0.25, 0.3) is 0 Å². The van der Waals surface area contributed by atoms with E-state index in [0.29, 0.717) is 25.8 Å². The first-order valence-electron chi connectivity index (χ1n) is 8.22. The summed E-state index contributed by atoms with van der Waals surface area (Å²) >= 11 is 2.48. The van der Waals surface area contributed by atoms with Crippen LogP contribution in [0.2, 0.25) is 0 Å². The number of benzene rings is 3. The maximum absolute atomic E-state index is 13.2. The monoisotopic (exact) mass is 392 g/mol. The molecule has 132 valence electrons. The highest BCUT2D eigenvalue weighted by atomic mass is 32.2. The largest absolute Gasteiger partial charge is 0.288 e. The molecule has 1 aliphatic rings. The molecule has 0 fully saturated rings. The summed E-state index contributed by atoms with van der Waals surface area (Å²) in [5.41, 5.74) is 0.828.